The van der Waals surface area contributed by atoms with Crippen molar-refractivity contribution < 1.29 is 0 Å². The van der Waals surface area contributed by atoms with E-state index in [-0.39, 0.29) is 6.04 Å². The fourth-order valence-corrected chi connectivity index (χ4v) is 2.39. The molecule has 4 nitrogen and oxygen atoms in total. The standard InChI is InChI=1S/C13H17BrN4/c1-2-7-18-13(9-16-17-18)12(15)8-10-5-3-4-6-11(10)14/h3-6,9,12H,2,7-8,15H2,1H3. The van der Waals surface area contributed by atoms with E-state index in [9.17, 15) is 0 Å². The van der Waals surface area contributed by atoms with Gasteiger partial charge < -0.3 is 5.73 Å². The molecule has 0 saturated carbocycles. The second-order valence-corrected chi connectivity index (χ2v) is 5.14. The van der Waals surface area contributed by atoms with E-state index in [1.54, 1.807) is 6.20 Å². The Balaban J connectivity index is 2.14. The van der Waals surface area contributed by atoms with Crippen LogP contribution < -0.4 is 5.73 Å². The molecule has 2 aromatic rings. The molecule has 0 bridgehead atoms. The molecule has 5 heteroatoms. The van der Waals surface area contributed by atoms with Crippen molar-refractivity contribution in [3.63, 3.8) is 0 Å². The molecule has 1 aromatic carbocycles. The van der Waals surface area contributed by atoms with Gasteiger partial charge in [0, 0.05) is 11.0 Å². The lowest BCUT2D eigenvalue weighted by molar-refractivity contribution is 0.525. The molecule has 0 fully saturated rings. The van der Waals surface area contributed by atoms with Gasteiger partial charge >= 0.3 is 0 Å². The van der Waals surface area contributed by atoms with Crippen LogP contribution in [0.15, 0.2) is 34.9 Å². The number of aromatic nitrogens is 3. The molecular formula is C13H17BrN4. The molecule has 0 aliphatic heterocycles. The Morgan fingerprint density at radius 2 is 2.17 bits per heavy atom. The second-order valence-electron chi connectivity index (χ2n) is 4.28. The molecule has 1 atom stereocenters. The molecule has 0 spiro atoms. The Bertz CT molecular complexity index is 509. The van der Waals surface area contributed by atoms with Crippen molar-refractivity contribution in [2.24, 2.45) is 5.73 Å². The van der Waals surface area contributed by atoms with Gasteiger partial charge in [-0.3, -0.25) is 0 Å². The van der Waals surface area contributed by atoms with Gasteiger partial charge in [0.15, 0.2) is 0 Å². The third-order valence-electron chi connectivity index (χ3n) is 2.86. The highest BCUT2D eigenvalue weighted by Crippen LogP contribution is 2.22. The molecule has 2 rings (SSSR count). The van der Waals surface area contributed by atoms with E-state index in [1.807, 2.05) is 22.9 Å². The Morgan fingerprint density at radius 1 is 1.39 bits per heavy atom. The molecule has 0 aliphatic carbocycles. The van der Waals surface area contributed by atoms with Crippen LogP contribution in [0.5, 0.6) is 0 Å². The van der Waals surface area contributed by atoms with Crippen LogP contribution >= 0.6 is 15.9 Å². The Morgan fingerprint density at radius 3 is 2.89 bits per heavy atom. The van der Waals surface area contributed by atoms with Crippen molar-refractivity contribution in [1.82, 2.24) is 15.0 Å². The van der Waals surface area contributed by atoms with Crippen molar-refractivity contribution in [3.8, 4) is 0 Å². The van der Waals surface area contributed by atoms with Crippen LogP contribution in [-0.2, 0) is 13.0 Å². The lowest BCUT2D eigenvalue weighted by atomic mass is 10.0. The van der Waals surface area contributed by atoms with E-state index < -0.39 is 0 Å². The van der Waals surface area contributed by atoms with Gasteiger partial charge in [0.05, 0.1) is 17.9 Å². The average Bonchev–Trinajstić information content (AvgIpc) is 2.81. The fraction of sp³-hybridized carbons (Fsp3) is 0.385. The summed E-state index contributed by atoms with van der Waals surface area (Å²) in [5.74, 6) is 0. The SMILES string of the molecule is CCCn1nncc1C(N)Cc1ccccc1Br. The first-order valence-electron chi connectivity index (χ1n) is 6.09. The van der Waals surface area contributed by atoms with E-state index in [2.05, 4.69) is 39.2 Å². The minimum absolute atomic E-state index is 0.0785. The average molecular weight is 309 g/mol. The number of hydrogen-bond acceptors (Lipinski definition) is 3. The number of rotatable bonds is 5. The number of benzene rings is 1. The van der Waals surface area contributed by atoms with Crippen LogP contribution in [0.3, 0.4) is 0 Å². The van der Waals surface area contributed by atoms with E-state index >= 15 is 0 Å². The lowest BCUT2D eigenvalue weighted by Gasteiger charge is -2.13. The molecule has 0 saturated heterocycles. The summed E-state index contributed by atoms with van der Waals surface area (Å²) < 4.78 is 2.98. The minimum atomic E-state index is -0.0785. The second kappa shape index (κ2) is 6.11. The predicted molar refractivity (Wildman–Crippen MR) is 75.1 cm³/mol. The molecule has 0 amide bonds. The van der Waals surface area contributed by atoms with Crippen molar-refractivity contribution in [2.75, 3.05) is 0 Å². The molecule has 2 N–H and O–H groups in total. The third kappa shape index (κ3) is 2.97. The maximum atomic E-state index is 6.25. The summed E-state index contributed by atoms with van der Waals surface area (Å²) in [7, 11) is 0. The summed E-state index contributed by atoms with van der Waals surface area (Å²) in [6.45, 7) is 2.98. The zero-order valence-corrected chi connectivity index (χ0v) is 12.0. The normalized spacial score (nSPS) is 12.6. The molecule has 1 unspecified atom stereocenters. The molecule has 0 radical (unpaired) electrons. The van der Waals surface area contributed by atoms with Crippen molar-refractivity contribution in [1.29, 1.82) is 0 Å². The molecule has 0 aliphatic rings. The molecule has 96 valence electrons. The van der Waals surface area contributed by atoms with Crippen molar-refractivity contribution in [2.45, 2.75) is 32.4 Å². The zero-order valence-electron chi connectivity index (χ0n) is 10.4. The Labute approximate surface area is 115 Å². The van der Waals surface area contributed by atoms with Gasteiger partial charge in [0.1, 0.15) is 0 Å². The summed E-state index contributed by atoms with van der Waals surface area (Å²) in [4.78, 5) is 0. The van der Waals surface area contributed by atoms with Gasteiger partial charge in [-0.15, -0.1) is 5.10 Å². The first kappa shape index (κ1) is 13.2. The van der Waals surface area contributed by atoms with Crippen LogP contribution in [-0.4, -0.2) is 15.0 Å². The lowest BCUT2D eigenvalue weighted by Crippen LogP contribution is -2.18. The summed E-state index contributed by atoms with van der Waals surface area (Å²) >= 11 is 3.54. The van der Waals surface area contributed by atoms with Crippen LogP contribution in [0.25, 0.3) is 0 Å². The van der Waals surface area contributed by atoms with Crippen LogP contribution in [0.2, 0.25) is 0 Å². The largest absolute Gasteiger partial charge is 0.322 e. The first-order valence-corrected chi connectivity index (χ1v) is 6.89. The van der Waals surface area contributed by atoms with Gasteiger partial charge in [0.2, 0.25) is 0 Å². The smallest absolute Gasteiger partial charge is 0.0757 e. The van der Waals surface area contributed by atoms with Gasteiger partial charge in [0.25, 0.3) is 0 Å². The van der Waals surface area contributed by atoms with Gasteiger partial charge in [-0.05, 0) is 24.5 Å². The quantitative estimate of drug-likeness (QED) is 0.924. The summed E-state index contributed by atoms with van der Waals surface area (Å²) in [5.41, 5.74) is 8.45. The molecule has 18 heavy (non-hydrogen) atoms. The first-order chi connectivity index (χ1) is 8.72. The van der Waals surface area contributed by atoms with Gasteiger partial charge in [-0.2, -0.15) is 0 Å². The zero-order chi connectivity index (χ0) is 13.0. The number of halogens is 1. The monoisotopic (exact) mass is 308 g/mol. The molecule has 1 aromatic heterocycles. The number of nitrogens with zero attached hydrogens (tertiary/aromatic N) is 3. The van der Waals surface area contributed by atoms with Crippen molar-refractivity contribution >= 4 is 15.9 Å². The maximum Gasteiger partial charge on any atom is 0.0757 e. The highest BCUT2D eigenvalue weighted by atomic mass is 79.9. The fourth-order valence-electron chi connectivity index (χ4n) is 1.94. The molecule has 1 heterocycles. The summed E-state index contributed by atoms with van der Waals surface area (Å²) in [5, 5.41) is 8.01. The van der Waals surface area contributed by atoms with Crippen LogP contribution in [0.1, 0.15) is 30.6 Å². The Hall–Kier alpha value is -1.20. The molecular weight excluding hydrogens is 292 g/mol. The van der Waals surface area contributed by atoms with E-state index in [1.165, 1.54) is 5.56 Å². The van der Waals surface area contributed by atoms with Gasteiger partial charge in [-0.1, -0.05) is 46.3 Å². The minimum Gasteiger partial charge on any atom is -0.322 e. The predicted octanol–water partition coefficient (Wildman–Crippen LogP) is 2.69. The van der Waals surface area contributed by atoms with E-state index in [0.717, 1.165) is 29.6 Å². The van der Waals surface area contributed by atoms with Crippen molar-refractivity contribution in [3.05, 3.63) is 46.2 Å². The highest BCUT2D eigenvalue weighted by molar-refractivity contribution is 9.10. The Kier molecular flexibility index (Phi) is 4.49. The number of hydrogen-bond donors (Lipinski definition) is 1. The van der Waals surface area contributed by atoms with Gasteiger partial charge in [-0.25, -0.2) is 4.68 Å². The summed E-state index contributed by atoms with van der Waals surface area (Å²) in [6.07, 6.45) is 3.56. The number of nitrogens with two attached hydrogens (primary N) is 1. The topological polar surface area (TPSA) is 56.7 Å². The number of aryl methyl sites for hydroxylation is 1. The third-order valence-corrected chi connectivity index (χ3v) is 3.63. The van der Waals surface area contributed by atoms with E-state index in [0.29, 0.717) is 0 Å². The summed E-state index contributed by atoms with van der Waals surface area (Å²) in [6, 6.07) is 8.06. The van der Waals surface area contributed by atoms with Crippen LogP contribution in [0, 0.1) is 0 Å². The maximum absolute atomic E-state index is 6.25. The highest BCUT2D eigenvalue weighted by Gasteiger charge is 2.14. The van der Waals surface area contributed by atoms with E-state index in [4.69, 9.17) is 5.73 Å². The van der Waals surface area contributed by atoms with Crippen LogP contribution in [0.4, 0.5) is 0 Å².